The van der Waals surface area contributed by atoms with Gasteiger partial charge in [0, 0.05) is 55.7 Å². The first-order valence-electron chi connectivity index (χ1n) is 12.9. The van der Waals surface area contributed by atoms with Crippen LogP contribution in [-0.4, -0.2) is 62.9 Å². The summed E-state index contributed by atoms with van der Waals surface area (Å²) < 4.78 is 2.44. The molecule has 0 radical (unpaired) electrons. The monoisotopic (exact) mass is 456 g/mol. The first kappa shape index (κ1) is 20.4. The minimum absolute atomic E-state index is 0.0252. The molecule has 1 saturated heterocycles. The Hall–Kier alpha value is -3.00. The fourth-order valence-corrected chi connectivity index (χ4v) is 6.15. The van der Waals surface area contributed by atoms with Crippen molar-refractivity contribution in [3.63, 3.8) is 0 Å². The topological polar surface area (TPSA) is 74.5 Å². The Morgan fingerprint density at radius 1 is 0.941 bits per heavy atom. The molecule has 34 heavy (non-hydrogen) atoms. The van der Waals surface area contributed by atoms with Gasteiger partial charge in [0.2, 0.25) is 5.95 Å². The molecule has 0 bridgehead atoms. The molecular weight excluding hydrogens is 424 g/mol. The highest BCUT2D eigenvalue weighted by atomic mass is 15.3. The quantitative estimate of drug-likeness (QED) is 0.637. The molecule has 0 aromatic carbocycles. The van der Waals surface area contributed by atoms with Gasteiger partial charge < -0.3 is 14.8 Å². The number of nitrogens with zero attached hydrogens (tertiary/aromatic N) is 7. The molecule has 176 valence electrons. The van der Waals surface area contributed by atoms with E-state index in [0.717, 1.165) is 68.5 Å². The second-order valence-electron chi connectivity index (χ2n) is 10.4. The van der Waals surface area contributed by atoms with E-state index in [0.29, 0.717) is 5.95 Å². The zero-order chi connectivity index (χ0) is 22.5. The van der Waals surface area contributed by atoms with Crippen LogP contribution in [0.2, 0.25) is 0 Å². The van der Waals surface area contributed by atoms with E-state index in [4.69, 9.17) is 9.98 Å². The summed E-state index contributed by atoms with van der Waals surface area (Å²) in [6.45, 7) is 5.20. The number of pyridine rings is 1. The third kappa shape index (κ3) is 3.55. The van der Waals surface area contributed by atoms with Crippen molar-refractivity contribution in [1.82, 2.24) is 24.4 Å². The highest BCUT2D eigenvalue weighted by Gasteiger charge is 2.37. The number of fused-ring (bicyclic) bond motifs is 4. The number of aliphatic imine (C=N–C) groups is 1. The van der Waals surface area contributed by atoms with Crippen LogP contribution < -0.4 is 10.2 Å². The molecule has 1 N–H and O–H groups in total. The van der Waals surface area contributed by atoms with Crippen molar-refractivity contribution in [2.45, 2.75) is 63.1 Å². The lowest BCUT2D eigenvalue weighted by molar-refractivity contribution is 0.248. The molecule has 3 aromatic rings. The number of rotatable bonds is 4. The lowest BCUT2D eigenvalue weighted by Crippen LogP contribution is -2.47. The predicted octanol–water partition coefficient (Wildman–Crippen LogP) is 4.10. The Bertz CT molecular complexity index is 1210. The van der Waals surface area contributed by atoms with Gasteiger partial charge in [0.15, 0.2) is 0 Å². The van der Waals surface area contributed by atoms with Crippen LogP contribution in [0.4, 0.5) is 17.5 Å². The van der Waals surface area contributed by atoms with Crippen molar-refractivity contribution < 1.29 is 0 Å². The first-order chi connectivity index (χ1) is 16.8. The molecule has 2 aliphatic carbocycles. The van der Waals surface area contributed by atoms with E-state index < -0.39 is 0 Å². The molecule has 0 amide bonds. The Morgan fingerprint density at radius 3 is 2.56 bits per heavy atom. The molecule has 2 saturated carbocycles. The molecule has 2 aliphatic heterocycles. The second-order valence-corrected chi connectivity index (χ2v) is 10.4. The average molecular weight is 457 g/mol. The van der Waals surface area contributed by atoms with Crippen LogP contribution in [0.1, 0.15) is 50.6 Å². The summed E-state index contributed by atoms with van der Waals surface area (Å²) >= 11 is 0. The highest BCUT2D eigenvalue weighted by Crippen LogP contribution is 2.40. The summed E-state index contributed by atoms with van der Waals surface area (Å²) in [6.07, 6.45) is 14.9. The Balaban J connectivity index is 1.11. The summed E-state index contributed by atoms with van der Waals surface area (Å²) in [7, 11) is 0. The van der Waals surface area contributed by atoms with Crippen LogP contribution in [0.3, 0.4) is 0 Å². The SMILES string of the molecule is C1=NCc2cc3cnc(Nc4ccc(N5CCN(C6CC6)CC5)cn4)nc3n2C12CCCCC2. The molecule has 1 spiro atoms. The number of anilines is 3. The van der Waals surface area contributed by atoms with Crippen molar-refractivity contribution in [3.05, 3.63) is 36.3 Å². The van der Waals surface area contributed by atoms with Crippen LogP contribution in [0, 0.1) is 0 Å². The number of nitrogens with one attached hydrogen (secondary N) is 1. The van der Waals surface area contributed by atoms with Gasteiger partial charge in [-0.1, -0.05) is 19.3 Å². The molecule has 3 aromatic heterocycles. The normalized spacial score (nSPS) is 22.3. The fourth-order valence-electron chi connectivity index (χ4n) is 6.15. The minimum atomic E-state index is -0.0252. The van der Waals surface area contributed by atoms with E-state index >= 15 is 0 Å². The average Bonchev–Trinajstić information content (AvgIpc) is 3.66. The van der Waals surface area contributed by atoms with Gasteiger partial charge in [0.25, 0.3) is 0 Å². The first-order valence-corrected chi connectivity index (χ1v) is 12.9. The maximum absolute atomic E-state index is 4.96. The molecule has 8 nitrogen and oxygen atoms in total. The summed E-state index contributed by atoms with van der Waals surface area (Å²) in [5.74, 6) is 1.37. The minimum Gasteiger partial charge on any atom is -0.368 e. The van der Waals surface area contributed by atoms with E-state index in [1.165, 1.54) is 43.5 Å². The summed E-state index contributed by atoms with van der Waals surface area (Å²) in [5.41, 5.74) is 3.42. The van der Waals surface area contributed by atoms with Gasteiger partial charge in [0.1, 0.15) is 11.5 Å². The summed E-state index contributed by atoms with van der Waals surface area (Å²) in [6, 6.07) is 7.27. The smallest absolute Gasteiger partial charge is 0.230 e. The molecule has 0 unspecified atom stereocenters. The molecule has 7 rings (SSSR count). The number of hydrogen-bond acceptors (Lipinski definition) is 7. The van der Waals surface area contributed by atoms with Gasteiger partial charge in [0.05, 0.1) is 24.0 Å². The van der Waals surface area contributed by atoms with E-state index in [2.05, 4.69) is 48.0 Å². The van der Waals surface area contributed by atoms with E-state index in [9.17, 15) is 0 Å². The lowest BCUT2D eigenvalue weighted by Gasteiger charge is -2.39. The Kier molecular flexibility index (Phi) is 4.82. The van der Waals surface area contributed by atoms with Gasteiger partial charge in [-0.2, -0.15) is 4.98 Å². The van der Waals surface area contributed by atoms with Crippen molar-refractivity contribution in [2.75, 3.05) is 36.4 Å². The molecule has 4 aliphatic rings. The summed E-state index contributed by atoms with van der Waals surface area (Å²) in [4.78, 5) is 24.0. The molecule has 5 heterocycles. The Morgan fingerprint density at radius 2 is 1.79 bits per heavy atom. The van der Waals surface area contributed by atoms with Crippen LogP contribution in [0.5, 0.6) is 0 Å². The standard InChI is InChI=1S/C26H32N8/c1-2-8-26(9-3-1)18-27-16-22-14-19-15-29-25(31-24(19)34(22)26)30-23-7-6-21(17-28-23)33-12-10-32(11-13-33)20-4-5-20/h6-7,14-15,17-18,20H,1-5,8-13,16H2,(H,28,29,30,31). The van der Waals surface area contributed by atoms with Gasteiger partial charge >= 0.3 is 0 Å². The second kappa shape index (κ2) is 8.05. The number of piperazine rings is 1. The predicted molar refractivity (Wildman–Crippen MR) is 135 cm³/mol. The van der Waals surface area contributed by atoms with Crippen LogP contribution in [0.15, 0.2) is 35.6 Å². The van der Waals surface area contributed by atoms with Crippen LogP contribution >= 0.6 is 0 Å². The van der Waals surface area contributed by atoms with Crippen molar-refractivity contribution in [2.24, 2.45) is 4.99 Å². The van der Waals surface area contributed by atoms with Gasteiger partial charge in [-0.15, -0.1) is 0 Å². The van der Waals surface area contributed by atoms with E-state index in [1.54, 1.807) is 0 Å². The van der Waals surface area contributed by atoms with E-state index in [1.807, 2.05) is 18.5 Å². The molecule has 3 fully saturated rings. The van der Waals surface area contributed by atoms with Gasteiger partial charge in [-0.25, -0.2) is 9.97 Å². The van der Waals surface area contributed by atoms with Crippen molar-refractivity contribution in [1.29, 1.82) is 0 Å². The highest BCUT2D eigenvalue weighted by molar-refractivity contribution is 5.82. The van der Waals surface area contributed by atoms with Gasteiger partial charge in [-0.05, 0) is 43.9 Å². The third-order valence-corrected chi connectivity index (χ3v) is 8.10. The van der Waals surface area contributed by atoms with Crippen LogP contribution in [0.25, 0.3) is 11.0 Å². The number of aromatic nitrogens is 4. The lowest BCUT2D eigenvalue weighted by atomic mass is 9.81. The molecular formula is C26H32N8. The van der Waals surface area contributed by atoms with Crippen LogP contribution in [-0.2, 0) is 12.1 Å². The molecule has 0 atom stereocenters. The fraction of sp³-hybridized carbons (Fsp3) is 0.538. The zero-order valence-corrected chi connectivity index (χ0v) is 19.7. The van der Waals surface area contributed by atoms with Gasteiger partial charge in [-0.3, -0.25) is 9.89 Å². The van der Waals surface area contributed by atoms with Crippen molar-refractivity contribution in [3.8, 4) is 0 Å². The zero-order valence-electron chi connectivity index (χ0n) is 19.7. The molecule has 8 heteroatoms. The largest absolute Gasteiger partial charge is 0.368 e. The summed E-state index contributed by atoms with van der Waals surface area (Å²) in [5, 5.41) is 4.42. The number of hydrogen-bond donors (Lipinski definition) is 1. The van der Waals surface area contributed by atoms with E-state index in [-0.39, 0.29) is 5.54 Å². The third-order valence-electron chi connectivity index (χ3n) is 8.10. The Labute approximate surface area is 200 Å². The van der Waals surface area contributed by atoms with Crippen molar-refractivity contribution >= 4 is 34.7 Å². The maximum Gasteiger partial charge on any atom is 0.230 e. The maximum atomic E-state index is 4.96.